The molecule has 2 aromatic rings. The third kappa shape index (κ3) is 3.91. The van der Waals surface area contributed by atoms with Crippen LogP contribution in [0.5, 0.6) is 5.75 Å². The van der Waals surface area contributed by atoms with Crippen molar-refractivity contribution in [1.82, 2.24) is 15.0 Å². The molecule has 0 bridgehead atoms. The summed E-state index contributed by atoms with van der Waals surface area (Å²) >= 11 is 0. The van der Waals surface area contributed by atoms with E-state index in [4.69, 9.17) is 14.6 Å². The van der Waals surface area contributed by atoms with E-state index in [0.717, 1.165) is 30.5 Å². The van der Waals surface area contributed by atoms with Crippen LogP contribution in [0.2, 0.25) is 0 Å². The number of carbonyl (C=O) groups is 1. The number of carbonyl (C=O) groups excluding carboxylic acids is 1. The molecule has 1 N–H and O–H groups in total. The zero-order valence-electron chi connectivity index (χ0n) is 14.9. The van der Waals surface area contributed by atoms with E-state index in [2.05, 4.69) is 15.0 Å². The second-order valence-electron chi connectivity index (χ2n) is 6.03. The first-order chi connectivity index (χ1) is 12.6. The van der Waals surface area contributed by atoms with Crippen LogP contribution in [-0.2, 0) is 22.4 Å². The second-order valence-corrected chi connectivity index (χ2v) is 6.03. The number of ether oxygens (including phenoxy) is 2. The van der Waals surface area contributed by atoms with Crippen LogP contribution < -0.4 is 9.64 Å². The van der Waals surface area contributed by atoms with Crippen LogP contribution in [0, 0.1) is 0 Å². The van der Waals surface area contributed by atoms with Crippen molar-refractivity contribution in [1.29, 1.82) is 0 Å². The van der Waals surface area contributed by atoms with E-state index in [-0.39, 0.29) is 19.8 Å². The Morgan fingerprint density at radius 2 is 2.19 bits per heavy atom. The molecule has 8 nitrogen and oxygen atoms in total. The number of nitrogens with zero attached hydrogens (tertiary/aromatic N) is 4. The zero-order valence-corrected chi connectivity index (χ0v) is 14.9. The van der Waals surface area contributed by atoms with Gasteiger partial charge in [-0.05, 0) is 25.3 Å². The van der Waals surface area contributed by atoms with Crippen LogP contribution in [0.15, 0.2) is 18.3 Å². The van der Waals surface area contributed by atoms with Crippen LogP contribution in [0.3, 0.4) is 0 Å². The van der Waals surface area contributed by atoms with Crippen molar-refractivity contribution in [2.75, 3.05) is 38.8 Å². The van der Waals surface area contributed by atoms with Crippen LogP contribution in [0.1, 0.15) is 17.7 Å². The number of likely N-dealkylation sites (N-methyl/N-ethyl adjacent to an activating group) is 1. The maximum atomic E-state index is 11.9. The summed E-state index contributed by atoms with van der Waals surface area (Å²) in [6.45, 7) is -0.147. The van der Waals surface area contributed by atoms with E-state index in [1.54, 1.807) is 37.4 Å². The number of methoxy groups -OCH3 is 1. The fourth-order valence-electron chi connectivity index (χ4n) is 2.98. The number of rotatable bonds is 7. The lowest BCUT2D eigenvalue weighted by Gasteiger charge is -2.20. The van der Waals surface area contributed by atoms with Gasteiger partial charge in [-0.15, -0.1) is 0 Å². The largest absolute Gasteiger partial charge is 0.497 e. The van der Waals surface area contributed by atoms with E-state index >= 15 is 0 Å². The molecule has 0 aliphatic heterocycles. The molecule has 0 saturated carbocycles. The first-order valence-electron chi connectivity index (χ1n) is 8.50. The summed E-state index contributed by atoms with van der Waals surface area (Å²) in [5.74, 6) is 1.50. The molecule has 8 heteroatoms. The molecule has 0 radical (unpaired) electrons. The zero-order chi connectivity index (χ0) is 18.5. The van der Waals surface area contributed by atoms with Gasteiger partial charge in [-0.25, -0.2) is 9.97 Å². The molecule has 0 amide bonds. The summed E-state index contributed by atoms with van der Waals surface area (Å²) in [6, 6.07) is 3.55. The third-order valence-electron chi connectivity index (χ3n) is 4.19. The quantitative estimate of drug-likeness (QED) is 0.732. The molecule has 0 spiro atoms. The van der Waals surface area contributed by atoms with Crippen molar-refractivity contribution in [3.63, 3.8) is 0 Å². The SMILES string of the molecule is COc1ccnc(-c2nc3c(c(N(C)CC(=O)OCCO)n2)CCC3)c1. The Kier molecular flexibility index (Phi) is 5.62. The summed E-state index contributed by atoms with van der Waals surface area (Å²) in [7, 11) is 3.39. The van der Waals surface area contributed by atoms with Crippen LogP contribution in [0.25, 0.3) is 11.5 Å². The number of aromatic nitrogens is 3. The van der Waals surface area contributed by atoms with Crippen molar-refractivity contribution in [2.45, 2.75) is 19.3 Å². The topological polar surface area (TPSA) is 97.7 Å². The maximum absolute atomic E-state index is 11.9. The van der Waals surface area contributed by atoms with Gasteiger partial charge in [0.05, 0.1) is 13.7 Å². The highest BCUT2D eigenvalue weighted by Crippen LogP contribution is 2.31. The number of hydrogen-bond donors (Lipinski definition) is 1. The Labute approximate surface area is 151 Å². The average Bonchev–Trinajstić information content (AvgIpc) is 3.14. The molecule has 0 fully saturated rings. The lowest BCUT2D eigenvalue weighted by atomic mass is 10.2. The van der Waals surface area contributed by atoms with Gasteiger partial charge in [0.2, 0.25) is 0 Å². The van der Waals surface area contributed by atoms with Gasteiger partial charge in [0.25, 0.3) is 0 Å². The normalized spacial score (nSPS) is 12.6. The maximum Gasteiger partial charge on any atom is 0.325 e. The van der Waals surface area contributed by atoms with Gasteiger partial charge in [-0.2, -0.15) is 0 Å². The van der Waals surface area contributed by atoms with Gasteiger partial charge < -0.3 is 19.5 Å². The number of hydrogen-bond acceptors (Lipinski definition) is 8. The molecular weight excluding hydrogens is 336 g/mol. The van der Waals surface area contributed by atoms with E-state index in [9.17, 15) is 4.79 Å². The molecule has 1 aliphatic rings. The van der Waals surface area contributed by atoms with Gasteiger partial charge >= 0.3 is 5.97 Å². The molecule has 138 valence electrons. The average molecular weight is 358 g/mol. The fourth-order valence-corrected chi connectivity index (χ4v) is 2.98. The Morgan fingerprint density at radius 3 is 2.96 bits per heavy atom. The summed E-state index contributed by atoms with van der Waals surface area (Å²) in [6.07, 6.45) is 4.42. The van der Waals surface area contributed by atoms with E-state index < -0.39 is 5.97 Å². The minimum atomic E-state index is -0.409. The van der Waals surface area contributed by atoms with Gasteiger partial charge in [-0.1, -0.05) is 0 Å². The van der Waals surface area contributed by atoms with E-state index in [1.807, 2.05) is 0 Å². The number of pyridine rings is 1. The van der Waals surface area contributed by atoms with Crippen molar-refractivity contribution < 1.29 is 19.4 Å². The third-order valence-corrected chi connectivity index (χ3v) is 4.19. The molecule has 26 heavy (non-hydrogen) atoms. The van der Waals surface area contributed by atoms with Gasteiger partial charge in [0.15, 0.2) is 5.82 Å². The van der Waals surface area contributed by atoms with Crippen molar-refractivity contribution >= 4 is 11.8 Å². The molecule has 0 unspecified atom stereocenters. The molecule has 3 rings (SSSR count). The Balaban J connectivity index is 1.92. The van der Waals surface area contributed by atoms with Gasteiger partial charge in [0, 0.05) is 30.6 Å². The molecule has 1 aliphatic carbocycles. The van der Waals surface area contributed by atoms with Crippen LogP contribution >= 0.6 is 0 Å². The predicted molar refractivity (Wildman–Crippen MR) is 95.2 cm³/mol. The lowest BCUT2D eigenvalue weighted by molar-refractivity contribution is -0.142. The number of esters is 1. The monoisotopic (exact) mass is 358 g/mol. The number of aryl methyl sites for hydroxylation is 1. The summed E-state index contributed by atoms with van der Waals surface area (Å²) in [5, 5.41) is 8.77. The first kappa shape index (κ1) is 18.1. The Morgan fingerprint density at radius 1 is 1.35 bits per heavy atom. The lowest BCUT2D eigenvalue weighted by Crippen LogP contribution is -2.29. The fraction of sp³-hybridized carbons (Fsp3) is 0.444. The molecule has 0 atom stereocenters. The number of aliphatic hydroxyl groups is 1. The van der Waals surface area contributed by atoms with Crippen molar-refractivity contribution in [3.8, 4) is 17.3 Å². The Bertz CT molecular complexity index is 797. The standard InChI is InChI=1S/C18H22N4O4/c1-22(11-16(24)26-9-8-23)18-13-4-3-5-14(13)20-17(21-18)15-10-12(25-2)6-7-19-15/h6-7,10,23H,3-5,8-9,11H2,1-2H3. The Hall–Kier alpha value is -2.74. The minimum absolute atomic E-state index is 0.00641. The first-order valence-corrected chi connectivity index (χ1v) is 8.50. The summed E-state index contributed by atoms with van der Waals surface area (Å²) in [4.78, 5) is 27.3. The van der Waals surface area contributed by atoms with E-state index in [0.29, 0.717) is 23.1 Å². The van der Waals surface area contributed by atoms with Crippen LogP contribution in [0.4, 0.5) is 5.82 Å². The smallest absolute Gasteiger partial charge is 0.325 e. The van der Waals surface area contributed by atoms with Crippen molar-refractivity contribution in [3.05, 3.63) is 29.6 Å². The predicted octanol–water partition coefficient (Wildman–Crippen LogP) is 1.01. The number of aliphatic hydroxyl groups excluding tert-OH is 1. The van der Waals surface area contributed by atoms with Gasteiger partial charge in [0.1, 0.15) is 30.4 Å². The highest BCUT2D eigenvalue weighted by Gasteiger charge is 2.23. The molecular formula is C18H22N4O4. The van der Waals surface area contributed by atoms with Crippen LogP contribution in [-0.4, -0.2) is 59.9 Å². The molecule has 0 saturated heterocycles. The molecule has 2 aromatic heterocycles. The van der Waals surface area contributed by atoms with Gasteiger partial charge in [-0.3, -0.25) is 9.78 Å². The summed E-state index contributed by atoms with van der Waals surface area (Å²) < 4.78 is 10.2. The molecule has 2 heterocycles. The highest BCUT2D eigenvalue weighted by atomic mass is 16.5. The minimum Gasteiger partial charge on any atom is -0.497 e. The van der Waals surface area contributed by atoms with Crippen molar-refractivity contribution in [2.24, 2.45) is 0 Å². The molecule has 0 aromatic carbocycles. The number of anilines is 1. The highest BCUT2D eigenvalue weighted by molar-refractivity contribution is 5.76. The second kappa shape index (κ2) is 8.09. The van der Waals surface area contributed by atoms with E-state index in [1.165, 1.54) is 0 Å². The summed E-state index contributed by atoms with van der Waals surface area (Å²) in [5.41, 5.74) is 2.68. The number of fused-ring (bicyclic) bond motifs is 1.